The van der Waals surface area contributed by atoms with Gasteiger partial charge in [-0.15, -0.1) is 0 Å². The molecule has 0 radical (unpaired) electrons. The lowest BCUT2D eigenvalue weighted by atomic mass is 10.3. The van der Waals surface area contributed by atoms with Crippen LogP contribution in [0.1, 0.15) is 5.56 Å². The van der Waals surface area contributed by atoms with Gasteiger partial charge in [0.1, 0.15) is 6.26 Å². The zero-order chi connectivity index (χ0) is 12.5. The molecule has 0 spiro atoms. The number of hydrogen-bond donors (Lipinski definition) is 2. The van der Waals surface area contributed by atoms with E-state index in [1.54, 1.807) is 19.1 Å². The molecule has 0 fully saturated rings. The summed E-state index contributed by atoms with van der Waals surface area (Å²) in [5.74, 6) is 0.174. The Hall–Kier alpha value is -2.02. The Balaban J connectivity index is 2.35. The molecule has 0 saturated carbocycles. The fraction of sp³-hybridized carbons (Fsp3) is 0.100. The zero-order valence-corrected chi connectivity index (χ0v) is 9.86. The Bertz CT molecular complexity index is 634. The summed E-state index contributed by atoms with van der Waals surface area (Å²) >= 11 is 0. The van der Waals surface area contributed by atoms with Crippen molar-refractivity contribution in [1.29, 1.82) is 0 Å². The number of aromatic nitrogens is 1. The Labute approximate surface area is 98.5 Å². The number of rotatable bonds is 3. The SMILES string of the molecule is Cc1conc1NS(=O)(=O)c1cccc(N)c1. The van der Waals surface area contributed by atoms with Crippen molar-refractivity contribution in [1.82, 2.24) is 5.16 Å². The molecule has 0 aliphatic rings. The molecular formula is C10H11N3O3S. The van der Waals surface area contributed by atoms with Crippen LogP contribution < -0.4 is 10.5 Å². The molecule has 3 N–H and O–H groups in total. The Kier molecular flexibility index (Phi) is 2.76. The summed E-state index contributed by atoms with van der Waals surface area (Å²) in [6, 6.07) is 6.01. The molecule has 0 bridgehead atoms. The highest BCUT2D eigenvalue weighted by molar-refractivity contribution is 7.92. The van der Waals surface area contributed by atoms with Crippen molar-refractivity contribution in [2.75, 3.05) is 10.5 Å². The summed E-state index contributed by atoms with van der Waals surface area (Å²) in [5, 5.41) is 3.55. The molecule has 90 valence electrons. The van der Waals surface area contributed by atoms with Crippen LogP contribution in [0.2, 0.25) is 0 Å². The van der Waals surface area contributed by atoms with Gasteiger partial charge in [0, 0.05) is 11.3 Å². The smallest absolute Gasteiger partial charge is 0.263 e. The van der Waals surface area contributed by atoms with Crippen molar-refractivity contribution in [2.24, 2.45) is 0 Å². The molecule has 0 aliphatic carbocycles. The first-order valence-corrected chi connectivity index (χ1v) is 6.27. The predicted molar refractivity (Wildman–Crippen MR) is 62.9 cm³/mol. The van der Waals surface area contributed by atoms with Crippen LogP contribution in [0.5, 0.6) is 0 Å². The van der Waals surface area contributed by atoms with Gasteiger partial charge in [-0.2, -0.15) is 0 Å². The van der Waals surface area contributed by atoms with E-state index in [1.807, 2.05) is 0 Å². The number of hydrogen-bond acceptors (Lipinski definition) is 5. The molecule has 1 aromatic heterocycles. The third-order valence-corrected chi connectivity index (χ3v) is 3.48. The van der Waals surface area contributed by atoms with Gasteiger partial charge in [-0.3, -0.25) is 4.72 Å². The van der Waals surface area contributed by atoms with Gasteiger partial charge in [-0.05, 0) is 25.1 Å². The van der Waals surface area contributed by atoms with Crippen LogP contribution in [0, 0.1) is 6.92 Å². The van der Waals surface area contributed by atoms with Crippen molar-refractivity contribution in [3.8, 4) is 0 Å². The maximum Gasteiger partial charge on any atom is 0.263 e. The van der Waals surface area contributed by atoms with E-state index in [2.05, 4.69) is 14.4 Å². The lowest BCUT2D eigenvalue weighted by Gasteiger charge is -2.06. The van der Waals surface area contributed by atoms with Crippen LogP contribution in [0.15, 0.2) is 39.9 Å². The molecule has 2 rings (SSSR count). The lowest BCUT2D eigenvalue weighted by molar-refractivity contribution is 0.422. The van der Waals surface area contributed by atoms with Gasteiger partial charge < -0.3 is 10.3 Å². The molecule has 1 aromatic carbocycles. The maximum atomic E-state index is 12.0. The number of nitrogens with one attached hydrogen (secondary N) is 1. The lowest BCUT2D eigenvalue weighted by Crippen LogP contribution is -2.14. The van der Waals surface area contributed by atoms with Gasteiger partial charge in [0.15, 0.2) is 5.82 Å². The highest BCUT2D eigenvalue weighted by Crippen LogP contribution is 2.18. The summed E-state index contributed by atoms with van der Waals surface area (Å²) in [6.45, 7) is 1.69. The van der Waals surface area contributed by atoms with Gasteiger partial charge >= 0.3 is 0 Å². The van der Waals surface area contributed by atoms with E-state index in [1.165, 1.54) is 18.4 Å². The second-order valence-corrected chi connectivity index (χ2v) is 5.21. The monoisotopic (exact) mass is 253 g/mol. The Morgan fingerprint density at radius 2 is 2.18 bits per heavy atom. The van der Waals surface area contributed by atoms with Crippen LogP contribution in [0.4, 0.5) is 11.5 Å². The normalized spacial score (nSPS) is 11.4. The van der Waals surface area contributed by atoms with Crippen LogP contribution in [-0.4, -0.2) is 13.6 Å². The topological polar surface area (TPSA) is 98.2 Å². The van der Waals surface area contributed by atoms with E-state index in [-0.39, 0.29) is 10.7 Å². The van der Waals surface area contributed by atoms with Gasteiger partial charge in [-0.25, -0.2) is 8.42 Å². The summed E-state index contributed by atoms with van der Waals surface area (Å²) < 4.78 is 30.9. The summed E-state index contributed by atoms with van der Waals surface area (Å²) in [6.07, 6.45) is 1.36. The van der Waals surface area contributed by atoms with Crippen LogP contribution >= 0.6 is 0 Å². The number of nitrogens with zero attached hydrogens (tertiary/aromatic N) is 1. The molecule has 0 aliphatic heterocycles. The summed E-state index contributed by atoms with van der Waals surface area (Å²) in [7, 11) is -3.68. The number of aryl methyl sites for hydroxylation is 1. The van der Waals surface area contributed by atoms with Crippen molar-refractivity contribution in [2.45, 2.75) is 11.8 Å². The molecule has 6 nitrogen and oxygen atoms in total. The first-order valence-electron chi connectivity index (χ1n) is 4.78. The van der Waals surface area contributed by atoms with E-state index in [9.17, 15) is 8.42 Å². The minimum absolute atomic E-state index is 0.0832. The summed E-state index contributed by atoms with van der Waals surface area (Å²) in [4.78, 5) is 0.0832. The Morgan fingerprint density at radius 1 is 1.41 bits per heavy atom. The average Bonchev–Trinajstić information content (AvgIpc) is 2.64. The third kappa shape index (κ3) is 2.39. The van der Waals surface area contributed by atoms with E-state index in [0.29, 0.717) is 11.3 Å². The largest absolute Gasteiger partial charge is 0.399 e. The molecule has 2 aromatic rings. The van der Waals surface area contributed by atoms with E-state index in [4.69, 9.17) is 5.73 Å². The molecule has 17 heavy (non-hydrogen) atoms. The highest BCUT2D eigenvalue weighted by atomic mass is 32.2. The van der Waals surface area contributed by atoms with Crippen molar-refractivity contribution < 1.29 is 12.9 Å². The number of sulfonamides is 1. The molecule has 0 saturated heterocycles. The van der Waals surface area contributed by atoms with E-state index < -0.39 is 10.0 Å². The number of anilines is 2. The fourth-order valence-electron chi connectivity index (χ4n) is 1.25. The molecule has 0 atom stereocenters. The molecular weight excluding hydrogens is 242 g/mol. The van der Waals surface area contributed by atoms with Gasteiger partial charge in [0.25, 0.3) is 10.0 Å². The first kappa shape index (κ1) is 11.5. The number of benzene rings is 1. The maximum absolute atomic E-state index is 12.0. The quantitative estimate of drug-likeness (QED) is 0.805. The summed E-state index contributed by atoms with van der Waals surface area (Å²) in [5.41, 5.74) is 6.52. The zero-order valence-electron chi connectivity index (χ0n) is 9.04. The molecule has 0 amide bonds. The van der Waals surface area contributed by atoms with Crippen molar-refractivity contribution in [3.05, 3.63) is 36.1 Å². The van der Waals surface area contributed by atoms with Crippen LogP contribution in [0.3, 0.4) is 0 Å². The number of nitrogens with two attached hydrogens (primary N) is 1. The van der Waals surface area contributed by atoms with E-state index in [0.717, 1.165) is 0 Å². The van der Waals surface area contributed by atoms with Crippen LogP contribution in [-0.2, 0) is 10.0 Å². The fourth-order valence-corrected chi connectivity index (χ4v) is 2.37. The van der Waals surface area contributed by atoms with Gasteiger partial charge in [0.2, 0.25) is 0 Å². The standard InChI is InChI=1S/C10H11N3O3S/c1-7-6-16-12-10(7)13-17(14,15)9-4-2-3-8(11)5-9/h2-6H,11H2,1H3,(H,12,13). The second-order valence-electron chi connectivity index (χ2n) is 3.52. The Morgan fingerprint density at radius 3 is 2.76 bits per heavy atom. The minimum Gasteiger partial charge on any atom is -0.399 e. The molecule has 0 unspecified atom stereocenters. The van der Waals surface area contributed by atoms with Crippen LogP contribution in [0.25, 0.3) is 0 Å². The van der Waals surface area contributed by atoms with Gasteiger partial charge in [-0.1, -0.05) is 11.2 Å². The van der Waals surface area contributed by atoms with Crippen molar-refractivity contribution in [3.63, 3.8) is 0 Å². The first-order chi connectivity index (χ1) is 7.99. The number of nitrogen functional groups attached to an aromatic ring is 1. The predicted octanol–water partition coefficient (Wildman–Crippen LogP) is 1.37. The van der Waals surface area contributed by atoms with Gasteiger partial charge in [0.05, 0.1) is 4.90 Å². The van der Waals surface area contributed by atoms with Crippen molar-refractivity contribution >= 4 is 21.5 Å². The second kappa shape index (κ2) is 4.10. The van der Waals surface area contributed by atoms with E-state index >= 15 is 0 Å². The highest BCUT2D eigenvalue weighted by Gasteiger charge is 2.17. The minimum atomic E-state index is -3.68. The molecule has 7 heteroatoms. The average molecular weight is 253 g/mol. The third-order valence-electron chi connectivity index (χ3n) is 2.15. The molecule has 1 heterocycles.